The zero-order chi connectivity index (χ0) is 15.9. The van der Waals surface area contributed by atoms with Crippen molar-refractivity contribution in [3.8, 4) is 0 Å². The molecule has 2 rings (SSSR count). The Hall–Kier alpha value is -1.18. The highest BCUT2D eigenvalue weighted by molar-refractivity contribution is 7.11. The first-order valence-electron chi connectivity index (χ1n) is 7.79. The number of ether oxygens (including phenoxy) is 1. The molecule has 0 radical (unpaired) electrons. The van der Waals surface area contributed by atoms with Crippen molar-refractivity contribution < 1.29 is 4.74 Å². The molecule has 1 aliphatic heterocycles. The van der Waals surface area contributed by atoms with Gasteiger partial charge in [0.05, 0.1) is 19.8 Å². The van der Waals surface area contributed by atoms with Gasteiger partial charge in [0.1, 0.15) is 5.01 Å². The van der Waals surface area contributed by atoms with Crippen LogP contribution in [0.25, 0.3) is 0 Å². The van der Waals surface area contributed by atoms with Gasteiger partial charge in [-0.15, -0.1) is 11.3 Å². The quantitative estimate of drug-likeness (QED) is 0.630. The third kappa shape index (κ3) is 4.93. The molecule has 1 saturated heterocycles. The van der Waals surface area contributed by atoms with Crippen molar-refractivity contribution in [3.63, 3.8) is 0 Å². The summed E-state index contributed by atoms with van der Waals surface area (Å²) in [6.45, 7) is 10.7. The number of morpholine rings is 1. The lowest BCUT2D eigenvalue weighted by Crippen LogP contribution is -2.52. The highest BCUT2D eigenvalue weighted by atomic mass is 32.1. The first-order chi connectivity index (χ1) is 10.6. The molecule has 0 amide bonds. The Bertz CT molecular complexity index is 490. The molecule has 1 aromatic heterocycles. The molecule has 2 unspecified atom stereocenters. The maximum Gasteiger partial charge on any atom is 0.191 e. The fourth-order valence-electron chi connectivity index (χ4n) is 2.62. The minimum Gasteiger partial charge on any atom is -0.379 e. The highest BCUT2D eigenvalue weighted by Gasteiger charge is 2.23. The van der Waals surface area contributed by atoms with Gasteiger partial charge in [-0.25, -0.2) is 4.98 Å². The SMILES string of the molecule is CN=C(NCc1ncc(C)s1)NCC(C)N1CCOCC1C. The Labute approximate surface area is 137 Å². The number of hydrogen-bond donors (Lipinski definition) is 2. The monoisotopic (exact) mass is 325 g/mol. The third-order valence-corrected chi connectivity index (χ3v) is 4.76. The van der Waals surface area contributed by atoms with Gasteiger partial charge >= 0.3 is 0 Å². The second-order valence-corrected chi connectivity index (χ2v) is 7.00. The summed E-state index contributed by atoms with van der Waals surface area (Å²) in [6, 6.07) is 0.915. The van der Waals surface area contributed by atoms with Gasteiger partial charge in [0.15, 0.2) is 5.96 Å². The topological polar surface area (TPSA) is 61.8 Å². The van der Waals surface area contributed by atoms with Crippen molar-refractivity contribution in [2.24, 2.45) is 4.99 Å². The highest BCUT2D eigenvalue weighted by Crippen LogP contribution is 2.11. The molecule has 0 bridgehead atoms. The minimum atomic E-state index is 0.444. The first kappa shape index (κ1) is 17.2. The molecule has 2 atom stereocenters. The summed E-state index contributed by atoms with van der Waals surface area (Å²) in [7, 11) is 1.80. The van der Waals surface area contributed by atoms with Gasteiger partial charge in [0.25, 0.3) is 0 Å². The molecule has 2 N–H and O–H groups in total. The second kappa shape index (κ2) is 8.45. The summed E-state index contributed by atoms with van der Waals surface area (Å²) < 4.78 is 5.49. The van der Waals surface area contributed by atoms with Gasteiger partial charge in [-0.2, -0.15) is 0 Å². The third-order valence-electron chi connectivity index (χ3n) is 3.85. The van der Waals surface area contributed by atoms with E-state index in [1.807, 2.05) is 6.20 Å². The maximum absolute atomic E-state index is 5.49. The average molecular weight is 325 g/mol. The molecule has 1 fully saturated rings. The van der Waals surface area contributed by atoms with Crippen molar-refractivity contribution in [3.05, 3.63) is 16.1 Å². The fourth-order valence-corrected chi connectivity index (χ4v) is 3.35. The number of nitrogens with one attached hydrogen (secondary N) is 2. The van der Waals surface area contributed by atoms with Gasteiger partial charge in [-0.05, 0) is 20.8 Å². The molecule has 0 aliphatic carbocycles. The van der Waals surface area contributed by atoms with Gasteiger partial charge in [-0.1, -0.05) is 0 Å². The van der Waals surface area contributed by atoms with Crippen LogP contribution in [0.15, 0.2) is 11.2 Å². The number of nitrogens with zero attached hydrogens (tertiary/aromatic N) is 3. The first-order valence-corrected chi connectivity index (χ1v) is 8.61. The van der Waals surface area contributed by atoms with E-state index in [2.05, 4.69) is 46.3 Å². The van der Waals surface area contributed by atoms with Crippen LogP contribution in [0.1, 0.15) is 23.7 Å². The summed E-state index contributed by atoms with van der Waals surface area (Å²) in [6.07, 6.45) is 1.90. The number of aryl methyl sites for hydroxylation is 1. The van der Waals surface area contributed by atoms with Crippen LogP contribution in [-0.2, 0) is 11.3 Å². The maximum atomic E-state index is 5.49. The Morgan fingerprint density at radius 1 is 1.59 bits per heavy atom. The van der Waals surface area contributed by atoms with E-state index in [1.54, 1.807) is 18.4 Å². The Balaban J connectivity index is 1.75. The molecule has 124 valence electrons. The zero-order valence-corrected chi connectivity index (χ0v) is 14.7. The fraction of sp³-hybridized carbons (Fsp3) is 0.733. The van der Waals surface area contributed by atoms with Gasteiger partial charge in [0.2, 0.25) is 0 Å². The van der Waals surface area contributed by atoms with Crippen molar-refractivity contribution in [2.75, 3.05) is 33.4 Å². The Morgan fingerprint density at radius 3 is 3.05 bits per heavy atom. The van der Waals surface area contributed by atoms with E-state index in [0.29, 0.717) is 18.6 Å². The molecule has 6 nitrogen and oxygen atoms in total. The number of aromatic nitrogens is 1. The lowest BCUT2D eigenvalue weighted by Gasteiger charge is -2.38. The van der Waals surface area contributed by atoms with E-state index in [1.165, 1.54) is 4.88 Å². The number of aliphatic imine (C=N–C) groups is 1. The van der Waals surface area contributed by atoms with Crippen molar-refractivity contribution >= 4 is 17.3 Å². The normalized spacial score (nSPS) is 21.6. The lowest BCUT2D eigenvalue weighted by atomic mass is 10.2. The van der Waals surface area contributed by atoms with Crippen LogP contribution in [0, 0.1) is 6.92 Å². The average Bonchev–Trinajstić information content (AvgIpc) is 2.93. The summed E-state index contributed by atoms with van der Waals surface area (Å²) in [4.78, 5) is 12.3. The molecular formula is C15H27N5OS. The molecule has 1 aliphatic rings. The predicted octanol–water partition coefficient (Wildman–Crippen LogP) is 1.23. The minimum absolute atomic E-state index is 0.444. The molecule has 2 heterocycles. The largest absolute Gasteiger partial charge is 0.379 e. The number of rotatable bonds is 5. The van der Waals surface area contributed by atoms with Gasteiger partial charge in [-0.3, -0.25) is 9.89 Å². The molecular weight excluding hydrogens is 298 g/mol. The van der Waals surface area contributed by atoms with Crippen LogP contribution >= 0.6 is 11.3 Å². The zero-order valence-electron chi connectivity index (χ0n) is 13.9. The van der Waals surface area contributed by atoms with Crippen molar-refractivity contribution in [1.82, 2.24) is 20.5 Å². The molecule has 0 aromatic carbocycles. The van der Waals surface area contributed by atoms with Gasteiger partial charge in [0, 0.05) is 43.3 Å². The van der Waals surface area contributed by atoms with E-state index in [-0.39, 0.29) is 0 Å². The smallest absolute Gasteiger partial charge is 0.191 e. The molecule has 0 spiro atoms. The van der Waals surface area contributed by atoms with Gasteiger partial charge < -0.3 is 15.4 Å². The van der Waals surface area contributed by atoms with Crippen LogP contribution in [0.2, 0.25) is 0 Å². The van der Waals surface area contributed by atoms with Crippen LogP contribution in [0.3, 0.4) is 0 Å². The molecule has 22 heavy (non-hydrogen) atoms. The second-order valence-electron chi connectivity index (χ2n) is 5.68. The van der Waals surface area contributed by atoms with E-state index >= 15 is 0 Å². The van der Waals surface area contributed by atoms with E-state index in [4.69, 9.17) is 4.74 Å². The molecule has 1 aromatic rings. The van der Waals surface area contributed by atoms with Crippen LogP contribution < -0.4 is 10.6 Å². The summed E-state index contributed by atoms with van der Waals surface area (Å²) >= 11 is 1.71. The molecule has 0 saturated carbocycles. The van der Waals surface area contributed by atoms with E-state index in [9.17, 15) is 0 Å². The lowest BCUT2D eigenvalue weighted by molar-refractivity contribution is -0.0174. The van der Waals surface area contributed by atoms with E-state index < -0.39 is 0 Å². The summed E-state index contributed by atoms with van der Waals surface area (Å²) in [5.41, 5.74) is 0. The van der Waals surface area contributed by atoms with Crippen LogP contribution in [0.4, 0.5) is 0 Å². The predicted molar refractivity (Wildman–Crippen MR) is 91.5 cm³/mol. The van der Waals surface area contributed by atoms with Crippen LogP contribution in [-0.4, -0.2) is 61.3 Å². The van der Waals surface area contributed by atoms with Crippen molar-refractivity contribution in [1.29, 1.82) is 0 Å². The van der Waals surface area contributed by atoms with Crippen molar-refractivity contribution in [2.45, 2.75) is 39.4 Å². The number of guanidine groups is 1. The summed E-state index contributed by atoms with van der Waals surface area (Å²) in [5.74, 6) is 0.820. The Morgan fingerprint density at radius 2 is 2.41 bits per heavy atom. The number of hydrogen-bond acceptors (Lipinski definition) is 5. The summed E-state index contributed by atoms with van der Waals surface area (Å²) in [5, 5.41) is 7.79. The standard InChI is InChI=1S/C15H27N5OS/c1-11(20-5-6-21-10-12(20)2)7-18-15(16-4)19-9-14-17-8-13(3)22-14/h8,11-12H,5-7,9-10H2,1-4H3,(H2,16,18,19). The Kier molecular flexibility index (Phi) is 6.60. The number of thiazole rings is 1. The van der Waals surface area contributed by atoms with E-state index in [0.717, 1.165) is 37.3 Å². The van der Waals surface area contributed by atoms with Crippen LogP contribution in [0.5, 0.6) is 0 Å². The molecule has 7 heteroatoms.